The maximum absolute atomic E-state index is 5.96. The van der Waals surface area contributed by atoms with E-state index in [0.717, 1.165) is 10.8 Å². The van der Waals surface area contributed by atoms with Gasteiger partial charge in [0, 0.05) is 10.6 Å². The second-order valence-corrected chi connectivity index (χ2v) is 5.18. The summed E-state index contributed by atoms with van der Waals surface area (Å²) in [7, 11) is 0. The van der Waals surface area contributed by atoms with Crippen molar-refractivity contribution in [3.63, 3.8) is 0 Å². The molecule has 0 unspecified atom stereocenters. The van der Waals surface area contributed by atoms with Crippen molar-refractivity contribution in [3.8, 4) is 0 Å². The minimum absolute atomic E-state index is 0.578. The third-order valence-electron chi connectivity index (χ3n) is 2.33. The summed E-state index contributed by atoms with van der Waals surface area (Å²) >= 11 is 13.5. The third kappa shape index (κ3) is 1.77. The first kappa shape index (κ1) is 10.3. The molecule has 0 saturated carbocycles. The van der Waals surface area contributed by atoms with E-state index >= 15 is 0 Å². The van der Waals surface area contributed by atoms with E-state index in [4.69, 9.17) is 23.2 Å². The van der Waals surface area contributed by atoms with Gasteiger partial charge in [0.1, 0.15) is 0 Å². The molecule has 0 aliphatic rings. The summed E-state index contributed by atoms with van der Waals surface area (Å²) < 4.78 is 2.07. The van der Waals surface area contributed by atoms with Crippen molar-refractivity contribution in [3.05, 3.63) is 33.7 Å². The van der Waals surface area contributed by atoms with Crippen LogP contribution < -0.4 is 0 Å². The monoisotopic (exact) mass is 244 g/mol. The first-order chi connectivity index (χ1) is 6.74. The van der Waals surface area contributed by atoms with Crippen LogP contribution in [0.3, 0.4) is 0 Å². The Morgan fingerprint density at radius 1 is 1.21 bits per heavy atom. The van der Waals surface area contributed by atoms with Gasteiger partial charge in [-0.15, -0.1) is 22.9 Å². The molecule has 1 aromatic heterocycles. The highest BCUT2D eigenvalue weighted by Gasteiger charge is 2.05. The predicted octanol–water partition coefficient (Wildman–Crippen LogP) is 4.86. The first-order valence-corrected chi connectivity index (χ1v) is 6.24. The van der Waals surface area contributed by atoms with Gasteiger partial charge < -0.3 is 0 Å². The van der Waals surface area contributed by atoms with Crippen LogP contribution in [0.15, 0.2) is 18.2 Å². The lowest BCUT2D eigenvalue weighted by Crippen LogP contribution is -1.88. The molecule has 14 heavy (non-hydrogen) atoms. The minimum Gasteiger partial charge on any atom is -0.123 e. The van der Waals surface area contributed by atoms with Crippen LogP contribution in [0.2, 0.25) is 4.34 Å². The zero-order valence-corrected chi connectivity index (χ0v) is 10.1. The molecule has 2 rings (SSSR count). The number of hydrogen-bond donors (Lipinski definition) is 0. The number of aryl methyl sites for hydroxylation is 1. The molecule has 1 heterocycles. The van der Waals surface area contributed by atoms with E-state index in [9.17, 15) is 0 Å². The Kier molecular flexibility index (Phi) is 3.01. The summed E-state index contributed by atoms with van der Waals surface area (Å²) in [5.41, 5.74) is 2.54. The fourth-order valence-electron chi connectivity index (χ4n) is 1.60. The number of alkyl halides is 1. The maximum Gasteiger partial charge on any atom is 0.0940 e. The van der Waals surface area contributed by atoms with E-state index in [2.05, 4.69) is 19.1 Å². The van der Waals surface area contributed by atoms with E-state index in [0.29, 0.717) is 5.88 Å². The Morgan fingerprint density at radius 3 is 2.64 bits per heavy atom. The fraction of sp³-hybridized carbons (Fsp3) is 0.273. The van der Waals surface area contributed by atoms with Gasteiger partial charge in [-0.25, -0.2) is 0 Å². The lowest BCUT2D eigenvalue weighted by molar-refractivity contribution is 1.11. The molecule has 0 fully saturated rings. The molecule has 0 amide bonds. The molecule has 74 valence electrons. The molecule has 0 nitrogen and oxygen atoms in total. The van der Waals surface area contributed by atoms with Gasteiger partial charge >= 0.3 is 0 Å². The van der Waals surface area contributed by atoms with Crippen molar-refractivity contribution in [1.82, 2.24) is 0 Å². The van der Waals surface area contributed by atoms with Crippen LogP contribution in [-0.2, 0) is 12.3 Å². The van der Waals surface area contributed by atoms with E-state index in [-0.39, 0.29) is 0 Å². The smallest absolute Gasteiger partial charge is 0.0940 e. The van der Waals surface area contributed by atoms with Crippen molar-refractivity contribution in [1.29, 1.82) is 0 Å². The quantitative estimate of drug-likeness (QED) is 0.663. The number of halogens is 2. The molecular weight excluding hydrogens is 235 g/mol. The summed E-state index contributed by atoms with van der Waals surface area (Å²) in [6.07, 6.45) is 1.02. The second-order valence-electron chi connectivity index (χ2n) is 3.20. The zero-order valence-electron chi connectivity index (χ0n) is 7.81. The Morgan fingerprint density at radius 2 is 2.00 bits per heavy atom. The van der Waals surface area contributed by atoms with Crippen molar-refractivity contribution < 1.29 is 0 Å². The van der Waals surface area contributed by atoms with Crippen molar-refractivity contribution in [2.45, 2.75) is 19.2 Å². The maximum atomic E-state index is 5.96. The summed E-state index contributed by atoms with van der Waals surface area (Å²) in [4.78, 5) is 0. The van der Waals surface area contributed by atoms with Crippen LogP contribution >= 0.6 is 34.5 Å². The van der Waals surface area contributed by atoms with Crippen LogP contribution in [0.4, 0.5) is 0 Å². The number of benzene rings is 1. The highest BCUT2D eigenvalue weighted by atomic mass is 35.5. The number of thiophene rings is 1. The normalized spacial score (nSPS) is 11.1. The SMILES string of the molecule is CCc1cc2cc(Cl)sc2cc1CCl. The molecule has 0 N–H and O–H groups in total. The molecule has 0 spiro atoms. The predicted molar refractivity (Wildman–Crippen MR) is 65.8 cm³/mol. The van der Waals surface area contributed by atoms with Gasteiger partial charge in [0.25, 0.3) is 0 Å². The second kappa shape index (κ2) is 4.09. The molecule has 0 aliphatic heterocycles. The Balaban J connectivity index is 2.68. The summed E-state index contributed by atoms with van der Waals surface area (Å²) in [5, 5.41) is 1.23. The topological polar surface area (TPSA) is 0 Å². The largest absolute Gasteiger partial charge is 0.123 e. The average molecular weight is 245 g/mol. The van der Waals surface area contributed by atoms with E-state index in [1.807, 2.05) is 6.07 Å². The van der Waals surface area contributed by atoms with Gasteiger partial charge in [0.15, 0.2) is 0 Å². The van der Waals surface area contributed by atoms with Gasteiger partial charge in [-0.3, -0.25) is 0 Å². The van der Waals surface area contributed by atoms with Gasteiger partial charge in [-0.05, 0) is 41.1 Å². The van der Waals surface area contributed by atoms with Crippen molar-refractivity contribution in [2.24, 2.45) is 0 Å². The van der Waals surface area contributed by atoms with Gasteiger partial charge in [0.2, 0.25) is 0 Å². The van der Waals surface area contributed by atoms with Crippen LogP contribution in [0, 0.1) is 0 Å². The molecular formula is C11H10Cl2S. The molecule has 0 atom stereocenters. The summed E-state index contributed by atoms with van der Waals surface area (Å²) in [6, 6.07) is 6.35. The van der Waals surface area contributed by atoms with Gasteiger partial charge in [-0.1, -0.05) is 18.5 Å². The Bertz CT molecular complexity index is 419. The zero-order chi connectivity index (χ0) is 10.1. The molecule has 3 heteroatoms. The van der Waals surface area contributed by atoms with Crippen LogP contribution in [-0.4, -0.2) is 0 Å². The van der Waals surface area contributed by atoms with Crippen molar-refractivity contribution in [2.75, 3.05) is 0 Å². The summed E-state index contributed by atoms with van der Waals surface area (Å²) in [6.45, 7) is 2.14. The van der Waals surface area contributed by atoms with Gasteiger partial charge in [0.05, 0.1) is 4.34 Å². The van der Waals surface area contributed by atoms with Crippen LogP contribution in [0.25, 0.3) is 10.1 Å². The van der Waals surface area contributed by atoms with Crippen LogP contribution in [0.1, 0.15) is 18.1 Å². The Hall–Kier alpha value is -0.240. The highest BCUT2D eigenvalue weighted by Crippen LogP contribution is 2.32. The molecule has 0 radical (unpaired) electrons. The first-order valence-electron chi connectivity index (χ1n) is 4.51. The van der Waals surface area contributed by atoms with Crippen molar-refractivity contribution >= 4 is 44.6 Å². The third-order valence-corrected chi connectivity index (χ3v) is 3.85. The van der Waals surface area contributed by atoms with Crippen LogP contribution in [0.5, 0.6) is 0 Å². The van der Waals surface area contributed by atoms with E-state index in [1.54, 1.807) is 11.3 Å². The number of rotatable bonds is 2. The minimum atomic E-state index is 0.578. The summed E-state index contributed by atoms with van der Waals surface area (Å²) in [5.74, 6) is 0.578. The fourth-order valence-corrected chi connectivity index (χ4v) is 3.05. The molecule has 1 aromatic carbocycles. The Labute approximate surface area is 97.5 Å². The number of hydrogen-bond acceptors (Lipinski definition) is 1. The number of fused-ring (bicyclic) bond motifs is 1. The molecule has 0 aliphatic carbocycles. The van der Waals surface area contributed by atoms with Gasteiger partial charge in [-0.2, -0.15) is 0 Å². The molecule has 0 bridgehead atoms. The average Bonchev–Trinajstić information content (AvgIpc) is 2.54. The highest BCUT2D eigenvalue weighted by molar-refractivity contribution is 7.22. The molecule has 0 saturated heterocycles. The van der Waals surface area contributed by atoms with E-state index < -0.39 is 0 Å². The molecule has 2 aromatic rings. The lowest BCUT2D eigenvalue weighted by Gasteiger charge is -2.04. The standard InChI is InChI=1S/C11H10Cl2S/c1-2-7-3-8-5-11(13)14-10(8)4-9(7)6-12/h3-5H,2,6H2,1H3. The lowest BCUT2D eigenvalue weighted by atomic mass is 10.0. The van der Waals surface area contributed by atoms with E-state index in [1.165, 1.54) is 21.2 Å².